The number of rotatable bonds is 7. The standard InChI is InChI=1S/C14H22N2O3/c1-10(17)3-2-8-16-14(19)13(15)9-11-4-6-12(18)7-5-11/h4-7,10,13,17-18H,2-3,8-9,15H2,1H3,(H,16,19)/t10?,13-/m0/s1. The molecule has 1 unspecified atom stereocenters. The third-order valence-electron chi connectivity index (χ3n) is 2.83. The highest BCUT2D eigenvalue weighted by atomic mass is 16.3. The number of aliphatic hydroxyl groups is 1. The maximum absolute atomic E-state index is 11.7. The van der Waals surface area contributed by atoms with Gasteiger partial charge in [0.15, 0.2) is 0 Å². The zero-order valence-corrected chi connectivity index (χ0v) is 11.2. The summed E-state index contributed by atoms with van der Waals surface area (Å²) < 4.78 is 0. The molecule has 0 aliphatic heterocycles. The molecule has 0 spiro atoms. The summed E-state index contributed by atoms with van der Waals surface area (Å²) >= 11 is 0. The molecule has 5 nitrogen and oxygen atoms in total. The van der Waals surface area contributed by atoms with E-state index in [1.165, 1.54) is 0 Å². The van der Waals surface area contributed by atoms with Gasteiger partial charge in [-0.05, 0) is 43.9 Å². The van der Waals surface area contributed by atoms with Gasteiger partial charge in [-0.25, -0.2) is 0 Å². The molecule has 0 bridgehead atoms. The molecule has 0 aliphatic carbocycles. The summed E-state index contributed by atoms with van der Waals surface area (Å²) in [5, 5.41) is 21.0. The van der Waals surface area contributed by atoms with Crippen LogP contribution < -0.4 is 11.1 Å². The quantitative estimate of drug-likeness (QED) is 0.542. The highest BCUT2D eigenvalue weighted by Crippen LogP contribution is 2.10. The van der Waals surface area contributed by atoms with Gasteiger partial charge in [0, 0.05) is 6.54 Å². The fourth-order valence-corrected chi connectivity index (χ4v) is 1.72. The van der Waals surface area contributed by atoms with Gasteiger partial charge in [-0.2, -0.15) is 0 Å². The first-order chi connectivity index (χ1) is 8.99. The Bertz CT molecular complexity index is 390. The number of nitrogens with two attached hydrogens (primary N) is 1. The summed E-state index contributed by atoms with van der Waals surface area (Å²) in [6.45, 7) is 2.24. The molecule has 0 saturated carbocycles. The SMILES string of the molecule is CC(O)CCCNC(=O)[C@@H](N)Cc1ccc(O)cc1. The molecule has 106 valence electrons. The molecule has 0 saturated heterocycles. The number of hydrogen-bond acceptors (Lipinski definition) is 4. The molecule has 5 heteroatoms. The van der Waals surface area contributed by atoms with Crippen LogP contribution in [0.1, 0.15) is 25.3 Å². The molecule has 0 radical (unpaired) electrons. The van der Waals surface area contributed by atoms with Crippen LogP contribution in [0.3, 0.4) is 0 Å². The number of nitrogens with one attached hydrogen (secondary N) is 1. The van der Waals surface area contributed by atoms with E-state index in [2.05, 4.69) is 5.32 Å². The number of carbonyl (C=O) groups is 1. The van der Waals surface area contributed by atoms with Gasteiger partial charge in [-0.3, -0.25) is 4.79 Å². The number of benzene rings is 1. The number of phenolic OH excluding ortho intramolecular Hbond substituents is 1. The summed E-state index contributed by atoms with van der Waals surface area (Å²) in [6.07, 6.45) is 1.48. The highest BCUT2D eigenvalue weighted by molar-refractivity contribution is 5.81. The van der Waals surface area contributed by atoms with E-state index in [4.69, 9.17) is 15.9 Å². The van der Waals surface area contributed by atoms with Crippen molar-refractivity contribution in [1.29, 1.82) is 0 Å². The first-order valence-corrected chi connectivity index (χ1v) is 6.48. The van der Waals surface area contributed by atoms with Crippen molar-refractivity contribution in [3.8, 4) is 5.75 Å². The van der Waals surface area contributed by atoms with Crippen molar-refractivity contribution in [2.24, 2.45) is 5.73 Å². The molecule has 1 rings (SSSR count). The lowest BCUT2D eigenvalue weighted by Crippen LogP contribution is -2.42. The number of hydrogen-bond donors (Lipinski definition) is 4. The second-order valence-corrected chi connectivity index (χ2v) is 4.76. The summed E-state index contributed by atoms with van der Waals surface area (Å²) in [5.41, 5.74) is 6.71. The van der Waals surface area contributed by atoms with Gasteiger partial charge in [-0.1, -0.05) is 12.1 Å². The van der Waals surface area contributed by atoms with Crippen molar-refractivity contribution in [1.82, 2.24) is 5.32 Å². The molecule has 0 aliphatic rings. The van der Waals surface area contributed by atoms with Gasteiger partial charge < -0.3 is 21.3 Å². The summed E-state index contributed by atoms with van der Waals surface area (Å²) in [7, 11) is 0. The number of phenols is 1. The Hall–Kier alpha value is -1.59. The summed E-state index contributed by atoms with van der Waals surface area (Å²) in [6, 6.07) is 6.04. The minimum atomic E-state index is -0.601. The molecule has 0 aromatic heterocycles. The van der Waals surface area contributed by atoms with Gasteiger partial charge in [0.2, 0.25) is 5.91 Å². The van der Waals surface area contributed by atoms with E-state index in [-0.39, 0.29) is 17.8 Å². The van der Waals surface area contributed by atoms with Crippen molar-refractivity contribution in [3.05, 3.63) is 29.8 Å². The third kappa shape index (κ3) is 6.22. The zero-order chi connectivity index (χ0) is 14.3. The lowest BCUT2D eigenvalue weighted by atomic mass is 10.1. The Labute approximate surface area is 113 Å². The second kappa shape index (κ2) is 7.76. The van der Waals surface area contributed by atoms with Gasteiger partial charge in [0.25, 0.3) is 0 Å². The Morgan fingerprint density at radius 1 is 1.37 bits per heavy atom. The van der Waals surface area contributed by atoms with Gasteiger partial charge in [-0.15, -0.1) is 0 Å². The molecule has 0 heterocycles. The van der Waals surface area contributed by atoms with Crippen molar-refractivity contribution < 1.29 is 15.0 Å². The maximum Gasteiger partial charge on any atom is 0.237 e. The highest BCUT2D eigenvalue weighted by Gasteiger charge is 2.13. The van der Waals surface area contributed by atoms with Crippen LogP contribution in [0.2, 0.25) is 0 Å². The van der Waals surface area contributed by atoms with E-state index in [0.717, 1.165) is 12.0 Å². The number of amides is 1. The van der Waals surface area contributed by atoms with Crippen LogP contribution in [0.25, 0.3) is 0 Å². The van der Waals surface area contributed by atoms with Crippen LogP contribution in [0.4, 0.5) is 0 Å². The van der Waals surface area contributed by atoms with Crippen LogP contribution in [0, 0.1) is 0 Å². The molecule has 1 aromatic rings. The monoisotopic (exact) mass is 266 g/mol. The van der Waals surface area contributed by atoms with E-state index >= 15 is 0 Å². The number of aromatic hydroxyl groups is 1. The summed E-state index contributed by atoms with van der Waals surface area (Å²) in [5.74, 6) is -0.00133. The maximum atomic E-state index is 11.7. The first-order valence-electron chi connectivity index (χ1n) is 6.48. The Kier molecular flexibility index (Phi) is 6.32. The van der Waals surface area contributed by atoms with Crippen LogP contribution >= 0.6 is 0 Å². The van der Waals surface area contributed by atoms with Crippen molar-refractivity contribution >= 4 is 5.91 Å². The lowest BCUT2D eigenvalue weighted by molar-refractivity contribution is -0.122. The van der Waals surface area contributed by atoms with Crippen LogP contribution in [0.5, 0.6) is 5.75 Å². The number of carbonyl (C=O) groups excluding carboxylic acids is 1. The predicted molar refractivity (Wildman–Crippen MR) is 73.7 cm³/mol. The smallest absolute Gasteiger partial charge is 0.237 e. The van der Waals surface area contributed by atoms with Crippen molar-refractivity contribution in [3.63, 3.8) is 0 Å². The van der Waals surface area contributed by atoms with Gasteiger partial charge in [0.05, 0.1) is 12.1 Å². The fraction of sp³-hybridized carbons (Fsp3) is 0.500. The van der Waals surface area contributed by atoms with Crippen LogP contribution in [-0.4, -0.2) is 34.8 Å². The topological polar surface area (TPSA) is 95.6 Å². The van der Waals surface area contributed by atoms with Crippen LogP contribution in [-0.2, 0) is 11.2 Å². The average Bonchev–Trinajstić information content (AvgIpc) is 2.36. The van der Waals surface area contributed by atoms with E-state index in [1.54, 1.807) is 31.2 Å². The minimum absolute atomic E-state index is 0.194. The Morgan fingerprint density at radius 3 is 2.58 bits per heavy atom. The zero-order valence-electron chi connectivity index (χ0n) is 11.2. The van der Waals surface area contributed by atoms with E-state index in [0.29, 0.717) is 19.4 Å². The largest absolute Gasteiger partial charge is 0.508 e. The van der Waals surface area contributed by atoms with Crippen molar-refractivity contribution in [2.45, 2.75) is 38.3 Å². The fourth-order valence-electron chi connectivity index (χ4n) is 1.72. The average molecular weight is 266 g/mol. The molecule has 1 aromatic carbocycles. The molecule has 5 N–H and O–H groups in total. The van der Waals surface area contributed by atoms with Crippen molar-refractivity contribution in [2.75, 3.05) is 6.54 Å². The second-order valence-electron chi connectivity index (χ2n) is 4.76. The van der Waals surface area contributed by atoms with Gasteiger partial charge >= 0.3 is 0 Å². The molecule has 1 amide bonds. The van der Waals surface area contributed by atoms with Gasteiger partial charge in [0.1, 0.15) is 5.75 Å². The normalized spacial score (nSPS) is 13.8. The third-order valence-corrected chi connectivity index (χ3v) is 2.83. The molecule has 19 heavy (non-hydrogen) atoms. The lowest BCUT2D eigenvalue weighted by Gasteiger charge is -2.12. The molecule has 0 fully saturated rings. The Morgan fingerprint density at radius 2 is 2.00 bits per heavy atom. The first kappa shape index (κ1) is 15.5. The predicted octanol–water partition coefficient (Wildman–Crippen LogP) is 0.539. The molecule has 2 atom stereocenters. The minimum Gasteiger partial charge on any atom is -0.508 e. The van der Waals surface area contributed by atoms with E-state index in [1.807, 2.05) is 0 Å². The molecular weight excluding hydrogens is 244 g/mol. The van der Waals surface area contributed by atoms with Crippen LogP contribution in [0.15, 0.2) is 24.3 Å². The summed E-state index contributed by atoms with van der Waals surface area (Å²) in [4.78, 5) is 11.7. The molecular formula is C14H22N2O3. The van der Waals surface area contributed by atoms with E-state index in [9.17, 15) is 4.79 Å². The Balaban J connectivity index is 2.30. The number of aliphatic hydroxyl groups excluding tert-OH is 1. The van der Waals surface area contributed by atoms with E-state index < -0.39 is 6.04 Å².